The van der Waals surface area contributed by atoms with Crippen LogP contribution in [0.1, 0.15) is 23.6 Å². The van der Waals surface area contributed by atoms with E-state index in [0.29, 0.717) is 18.3 Å². The zero-order valence-corrected chi connectivity index (χ0v) is 15.5. The molecule has 0 saturated carbocycles. The number of rotatable bonds is 7. The van der Waals surface area contributed by atoms with Gasteiger partial charge in [0.2, 0.25) is 0 Å². The van der Waals surface area contributed by atoms with E-state index in [0.717, 1.165) is 28.2 Å². The molecule has 0 aromatic heterocycles. The van der Waals surface area contributed by atoms with Crippen LogP contribution in [-0.2, 0) is 17.9 Å². The lowest BCUT2D eigenvalue weighted by atomic mass is 10.1. The normalized spacial score (nSPS) is 11.1. The van der Waals surface area contributed by atoms with Crippen LogP contribution in [0.15, 0.2) is 53.6 Å². The van der Waals surface area contributed by atoms with Crippen molar-refractivity contribution >= 4 is 23.0 Å². The zero-order chi connectivity index (χ0) is 18.1. The highest BCUT2D eigenvalue weighted by molar-refractivity contribution is 7.80. The average Bonchev–Trinajstić information content (AvgIpc) is 2.65. The van der Waals surface area contributed by atoms with Gasteiger partial charge in [0.05, 0.1) is 19.4 Å². The van der Waals surface area contributed by atoms with Gasteiger partial charge >= 0.3 is 0 Å². The van der Waals surface area contributed by atoms with Gasteiger partial charge in [0.15, 0.2) is 5.11 Å². The molecule has 2 rings (SSSR count). The Bertz CT molecular complexity index is 733. The number of nitrogens with one attached hydrogen (secondary N) is 2. The maximum Gasteiger partial charge on any atom is 0.187 e. The van der Waals surface area contributed by atoms with Crippen molar-refractivity contribution in [2.24, 2.45) is 5.10 Å². The molecule has 25 heavy (non-hydrogen) atoms. The number of hydrogen-bond acceptors (Lipinski definition) is 4. The molecule has 2 aromatic rings. The van der Waals surface area contributed by atoms with Crippen molar-refractivity contribution < 1.29 is 9.47 Å². The fourth-order valence-corrected chi connectivity index (χ4v) is 2.41. The Morgan fingerprint density at radius 1 is 1.12 bits per heavy atom. The molecule has 0 aliphatic heterocycles. The summed E-state index contributed by atoms with van der Waals surface area (Å²) in [4.78, 5) is 0. The lowest BCUT2D eigenvalue weighted by Gasteiger charge is -2.11. The van der Waals surface area contributed by atoms with Crippen LogP contribution in [-0.4, -0.2) is 25.0 Å². The van der Waals surface area contributed by atoms with Gasteiger partial charge in [-0.05, 0) is 48.5 Å². The van der Waals surface area contributed by atoms with E-state index in [-0.39, 0.29) is 0 Å². The Morgan fingerprint density at radius 2 is 1.88 bits per heavy atom. The van der Waals surface area contributed by atoms with Crippen LogP contribution in [0, 0.1) is 0 Å². The zero-order valence-electron chi connectivity index (χ0n) is 14.7. The molecule has 0 aliphatic carbocycles. The smallest absolute Gasteiger partial charge is 0.187 e. The minimum atomic E-state index is 0.480. The first-order chi connectivity index (χ1) is 12.1. The molecule has 0 bridgehead atoms. The summed E-state index contributed by atoms with van der Waals surface area (Å²) in [6, 6.07) is 15.9. The number of thiocarbonyl (C=S) groups is 1. The second-order valence-electron chi connectivity index (χ2n) is 5.44. The predicted molar refractivity (Wildman–Crippen MR) is 105 cm³/mol. The average molecular weight is 357 g/mol. The van der Waals surface area contributed by atoms with Crippen LogP contribution in [0.4, 0.5) is 0 Å². The first-order valence-corrected chi connectivity index (χ1v) is 8.33. The molecule has 0 amide bonds. The maximum atomic E-state index is 5.34. The highest BCUT2D eigenvalue weighted by atomic mass is 32.1. The number of methoxy groups -OCH3 is 2. The quantitative estimate of drug-likeness (QED) is 0.453. The molecule has 132 valence electrons. The van der Waals surface area contributed by atoms with Crippen molar-refractivity contribution in [3.05, 3.63) is 65.2 Å². The van der Waals surface area contributed by atoms with Gasteiger partial charge in [0, 0.05) is 19.2 Å². The Kier molecular flexibility index (Phi) is 7.37. The molecule has 0 fully saturated rings. The second kappa shape index (κ2) is 9.76. The van der Waals surface area contributed by atoms with E-state index in [1.165, 1.54) is 0 Å². The van der Waals surface area contributed by atoms with Crippen LogP contribution >= 0.6 is 12.2 Å². The molecular formula is C19H23N3O2S. The molecule has 0 unspecified atom stereocenters. The fraction of sp³-hybridized carbons (Fsp3) is 0.263. The number of nitrogens with zero attached hydrogens (tertiary/aromatic N) is 1. The van der Waals surface area contributed by atoms with Gasteiger partial charge in [-0.1, -0.05) is 30.3 Å². The third-order valence-corrected chi connectivity index (χ3v) is 3.85. The molecule has 0 aliphatic rings. The molecule has 0 radical (unpaired) electrons. The predicted octanol–water partition coefficient (Wildman–Crippen LogP) is 3.23. The van der Waals surface area contributed by atoms with Gasteiger partial charge in [-0.15, -0.1) is 0 Å². The van der Waals surface area contributed by atoms with E-state index < -0.39 is 0 Å². The molecule has 5 nitrogen and oxygen atoms in total. The van der Waals surface area contributed by atoms with Crippen molar-refractivity contribution in [1.29, 1.82) is 0 Å². The van der Waals surface area contributed by atoms with Crippen LogP contribution in [0.25, 0.3) is 0 Å². The van der Waals surface area contributed by atoms with Gasteiger partial charge in [0.25, 0.3) is 0 Å². The summed E-state index contributed by atoms with van der Waals surface area (Å²) in [5.74, 6) is 0.798. The van der Waals surface area contributed by atoms with Crippen molar-refractivity contribution in [2.75, 3.05) is 14.2 Å². The molecule has 0 spiro atoms. The molecule has 0 atom stereocenters. The SMILES string of the molecule is COCc1cc(/C(C)=N\NC(=S)NCc2ccccc2)ccc1OC. The Morgan fingerprint density at radius 3 is 2.56 bits per heavy atom. The van der Waals surface area contributed by atoms with Crippen molar-refractivity contribution in [3.63, 3.8) is 0 Å². The van der Waals surface area contributed by atoms with E-state index in [9.17, 15) is 0 Å². The minimum absolute atomic E-state index is 0.480. The lowest BCUT2D eigenvalue weighted by Crippen LogP contribution is -2.32. The van der Waals surface area contributed by atoms with Gasteiger partial charge in [-0.25, -0.2) is 0 Å². The summed E-state index contributed by atoms with van der Waals surface area (Å²) in [7, 11) is 3.30. The molecule has 6 heteroatoms. The lowest BCUT2D eigenvalue weighted by molar-refractivity contribution is 0.181. The number of hydrazone groups is 1. The van der Waals surface area contributed by atoms with Crippen molar-refractivity contribution in [1.82, 2.24) is 10.7 Å². The summed E-state index contributed by atoms with van der Waals surface area (Å²) in [5, 5.41) is 7.95. The Balaban J connectivity index is 1.96. The van der Waals surface area contributed by atoms with Crippen molar-refractivity contribution in [2.45, 2.75) is 20.1 Å². The van der Waals surface area contributed by atoms with Crippen LogP contribution in [0.5, 0.6) is 5.75 Å². The monoisotopic (exact) mass is 357 g/mol. The Labute approximate surface area is 154 Å². The molecule has 0 saturated heterocycles. The summed E-state index contributed by atoms with van der Waals surface area (Å²) in [6.07, 6.45) is 0. The molecule has 0 heterocycles. The van der Waals surface area contributed by atoms with Gasteiger partial charge in [-0.3, -0.25) is 5.43 Å². The summed E-state index contributed by atoms with van der Waals surface area (Å²) >= 11 is 5.26. The van der Waals surface area contributed by atoms with Gasteiger partial charge < -0.3 is 14.8 Å². The number of hydrogen-bond donors (Lipinski definition) is 2. The molecule has 2 aromatic carbocycles. The first-order valence-electron chi connectivity index (χ1n) is 7.92. The number of ether oxygens (including phenoxy) is 2. The second-order valence-corrected chi connectivity index (χ2v) is 5.85. The van der Waals surface area contributed by atoms with E-state index in [2.05, 4.69) is 15.8 Å². The van der Waals surface area contributed by atoms with Crippen LogP contribution in [0.3, 0.4) is 0 Å². The van der Waals surface area contributed by atoms with E-state index >= 15 is 0 Å². The van der Waals surface area contributed by atoms with E-state index in [1.807, 2.05) is 55.5 Å². The minimum Gasteiger partial charge on any atom is -0.496 e. The third-order valence-electron chi connectivity index (χ3n) is 3.62. The molecular weight excluding hydrogens is 334 g/mol. The summed E-state index contributed by atoms with van der Waals surface area (Å²) < 4.78 is 10.5. The van der Waals surface area contributed by atoms with E-state index in [1.54, 1.807) is 14.2 Å². The summed E-state index contributed by atoms with van der Waals surface area (Å²) in [5.41, 5.74) is 6.81. The van der Waals surface area contributed by atoms with E-state index in [4.69, 9.17) is 21.7 Å². The third kappa shape index (κ3) is 5.85. The number of benzene rings is 2. The van der Waals surface area contributed by atoms with Gasteiger partial charge in [-0.2, -0.15) is 5.10 Å². The van der Waals surface area contributed by atoms with Crippen LogP contribution < -0.4 is 15.5 Å². The van der Waals surface area contributed by atoms with Crippen LogP contribution in [0.2, 0.25) is 0 Å². The maximum absolute atomic E-state index is 5.34. The summed E-state index contributed by atoms with van der Waals surface area (Å²) in [6.45, 7) is 3.06. The topological polar surface area (TPSA) is 54.9 Å². The van der Waals surface area contributed by atoms with Crippen molar-refractivity contribution in [3.8, 4) is 5.75 Å². The Hall–Kier alpha value is -2.44. The highest BCUT2D eigenvalue weighted by Gasteiger charge is 2.06. The van der Waals surface area contributed by atoms with Gasteiger partial charge in [0.1, 0.15) is 5.75 Å². The first kappa shape index (κ1) is 18.9. The highest BCUT2D eigenvalue weighted by Crippen LogP contribution is 2.21. The molecule has 2 N–H and O–H groups in total. The fourth-order valence-electron chi connectivity index (χ4n) is 2.29. The largest absolute Gasteiger partial charge is 0.496 e. The standard InChI is InChI=1S/C19H23N3O2S/c1-14(16-9-10-18(24-3)17(11-16)13-23-2)21-22-19(25)20-12-15-7-5-4-6-8-15/h4-11H,12-13H2,1-3H3,(H2,20,22,25)/b21-14-.